The first-order chi connectivity index (χ1) is 16.9. The summed E-state index contributed by atoms with van der Waals surface area (Å²) < 4.78 is 13.4. The Balaban J connectivity index is 1.22. The van der Waals surface area contributed by atoms with Crippen LogP contribution in [0.2, 0.25) is 0 Å². The van der Waals surface area contributed by atoms with Crippen molar-refractivity contribution in [3.05, 3.63) is 78.1 Å². The maximum atomic E-state index is 13.4. The fourth-order valence-corrected chi connectivity index (χ4v) is 4.31. The maximum Gasteiger partial charge on any atom is 0.242 e. The number of nitrogens with zero attached hydrogens (tertiary/aromatic N) is 2. The van der Waals surface area contributed by atoms with Gasteiger partial charge in [0.1, 0.15) is 5.82 Å². The molecule has 1 atom stereocenters. The fraction of sp³-hybridized carbons (Fsp3) is 0.296. The second kappa shape index (κ2) is 11.1. The molecule has 0 radical (unpaired) electrons. The van der Waals surface area contributed by atoms with Crippen LogP contribution in [0.5, 0.6) is 0 Å². The molecule has 1 heterocycles. The van der Waals surface area contributed by atoms with Gasteiger partial charge in [0.05, 0.1) is 19.0 Å². The van der Waals surface area contributed by atoms with Gasteiger partial charge in [-0.1, -0.05) is 48.5 Å². The molecule has 182 valence electrons. The molecular weight excluding hydrogens is 447 g/mol. The van der Waals surface area contributed by atoms with Gasteiger partial charge in [-0.3, -0.25) is 19.3 Å². The number of nitrogens with one attached hydrogen (secondary N) is 2. The van der Waals surface area contributed by atoms with Crippen LogP contribution in [0.25, 0.3) is 10.8 Å². The summed E-state index contributed by atoms with van der Waals surface area (Å²) in [7, 11) is 0. The smallest absolute Gasteiger partial charge is 0.242 e. The minimum Gasteiger partial charge on any atom is -0.347 e. The van der Waals surface area contributed by atoms with E-state index in [1.807, 2.05) is 47.4 Å². The largest absolute Gasteiger partial charge is 0.347 e. The summed E-state index contributed by atoms with van der Waals surface area (Å²) in [6.07, 6.45) is 0.209. The van der Waals surface area contributed by atoms with Crippen LogP contribution >= 0.6 is 0 Å². The monoisotopic (exact) mass is 476 g/mol. The van der Waals surface area contributed by atoms with Crippen LogP contribution in [-0.2, 0) is 20.8 Å². The van der Waals surface area contributed by atoms with Crippen LogP contribution in [0.15, 0.2) is 66.7 Å². The molecule has 0 aromatic heterocycles. The zero-order valence-electron chi connectivity index (χ0n) is 19.7. The molecule has 3 aromatic carbocycles. The van der Waals surface area contributed by atoms with Crippen molar-refractivity contribution in [3.8, 4) is 0 Å². The van der Waals surface area contributed by atoms with Crippen LogP contribution in [0.3, 0.4) is 0 Å². The second-order valence-corrected chi connectivity index (χ2v) is 8.68. The van der Waals surface area contributed by atoms with Gasteiger partial charge in [0, 0.05) is 31.9 Å². The van der Waals surface area contributed by atoms with Gasteiger partial charge in [-0.2, -0.15) is 0 Å². The molecule has 1 aliphatic heterocycles. The van der Waals surface area contributed by atoms with Crippen molar-refractivity contribution in [2.45, 2.75) is 19.4 Å². The van der Waals surface area contributed by atoms with Crippen LogP contribution in [0, 0.1) is 5.82 Å². The molecular formula is C27H29FN4O3. The molecule has 0 aliphatic carbocycles. The van der Waals surface area contributed by atoms with E-state index in [-0.39, 0.29) is 30.7 Å². The molecule has 1 saturated heterocycles. The summed E-state index contributed by atoms with van der Waals surface area (Å²) in [6, 6.07) is 19.1. The predicted molar refractivity (Wildman–Crippen MR) is 133 cm³/mol. The predicted octanol–water partition coefficient (Wildman–Crippen LogP) is 2.81. The number of hydrogen-bond acceptors (Lipinski definition) is 4. The molecule has 35 heavy (non-hydrogen) atoms. The number of carbonyl (C=O) groups is 3. The molecule has 7 nitrogen and oxygen atoms in total. The zero-order valence-corrected chi connectivity index (χ0v) is 19.7. The zero-order chi connectivity index (χ0) is 24.8. The molecule has 0 saturated carbocycles. The highest BCUT2D eigenvalue weighted by Crippen LogP contribution is 2.19. The van der Waals surface area contributed by atoms with E-state index < -0.39 is 11.9 Å². The average Bonchev–Trinajstić information content (AvgIpc) is 2.87. The van der Waals surface area contributed by atoms with Gasteiger partial charge in [-0.05, 0) is 41.5 Å². The highest BCUT2D eigenvalue weighted by atomic mass is 19.1. The first-order valence-corrected chi connectivity index (χ1v) is 11.7. The lowest BCUT2D eigenvalue weighted by Gasteiger charge is -2.37. The van der Waals surface area contributed by atoms with Gasteiger partial charge >= 0.3 is 0 Å². The van der Waals surface area contributed by atoms with Crippen molar-refractivity contribution in [3.63, 3.8) is 0 Å². The van der Waals surface area contributed by atoms with E-state index in [1.165, 1.54) is 12.1 Å². The quantitative estimate of drug-likeness (QED) is 0.550. The van der Waals surface area contributed by atoms with E-state index >= 15 is 0 Å². The summed E-state index contributed by atoms with van der Waals surface area (Å²) in [4.78, 5) is 41.3. The number of benzene rings is 3. The lowest BCUT2D eigenvalue weighted by molar-refractivity contribution is -0.135. The number of hydrogen-bond donors (Lipinski definition) is 2. The topological polar surface area (TPSA) is 81.8 Å². The van der Waals surface area contributed by atoms with Crippen molar-refractivity contribution in [1.82, 2.24) is 15.1 Å². The van der Waals surface area contributed by atoms with Crippen LogP contribution < -0.4 is 10.6 Å². The van der Waals surface area contributed by atoms with Crippen molar-refractivity contribution in [1.29, 1.82) is 0 Å². The molecule has 1 unspecified atom stereocenters. The summed E-state index contributed by atoms with van der Waals surface area (Å²) in [5.74, 6) is -0.980. The molecule has 8 heteroatoms. The molecule has 3 aromatic rings. The fourth-order valence-electron chi connectivity index (χ4n) is 4.31. The molecule has 1 aliphatic rings. The number of fused-ring (bicyclic) bond motifs is 1. The Kier molecular flexibility index (Phi) is 7.72. The SMILES string of the molecule is CC(C(=O)Nc1cccc(F)c1)N1CCN(C(=O)CNC(=O)Cc2cccc3ccccc23)CC1. The molecule has 2 N–H and O–H groups in total. The third-order valence-electron chi connectivity index (χ3n) is 6.35. The van der Waals surface area contributed by atoms with Crippen molar-refractivity contribution in [2.24, 2.45) is 0 Å². The minimum absolute atomic E-state index is 0.0563. The Morgan fingerprint density at radius 3 is 2.43 bits per heavy atom. The van der Waals surface area contributed by atoms with Crippen molar-refractivity contribution < 1.29 is 18.8 Å². The highest BCUT2D eigenvalue weighted by Gasteiger charge is 2.27. The average molecular weight is 477 g/mol. The van der Waals surface area contributed by atoms with E-state index in [0.717, 1.165) is 16.3 Å². The number of piperazine rings is 1. The maximum absolute atomic E-state index is 13.4. The van der Waals surface area contributed by atoms with E-state index in [1.54, 1.807) is 24.0 Å². The van der Waals surface area contributed by atoms with Crippen LogP contribution in [0.1, 0.15) is 12.5 Å². The Morgan fingerprint density at radius 1 is 0.943 bits per heavy atom. The Labute approximate surface area is 203 Å². The first kappa shape index (κ1) is 24.3. The lowest BCUT2D eigenvalue weighted by Crippen LogP contribution is -2.55. The molecule has 0 spiro atoms. The van der Waals surface area contributed by atoms with E-state index in [4.69, 9.17) is 0 Å². The number of halogens is 1. The summed E-state index contributed by atoms with van der Waals surface area (Å²) >= 11 is 0. The Bertz CT molecular complexity index is 1220. The summed E-state index contributed by atoms with van der Waals surface area (Å²) in [5, 5.41) is 7.57. The van der Waals surface area contributed by atoms with Crippen molar-refractivity contribution >= 4 is 34.2 Å². The van der Waals surface area contributed by atoms with Gasteiger partial charge < -0.3 is 15.5 Å². The Morgan fingerprint density at radius 2 is 1.66 bits per heavy atom. The minimum atomic E-state index is -0.420. The first-order valence-electron chi connectivity index (χ1n) is 11.7. The van der Waals surface area contributed by atoms with Gasteiger partial charge in [-0.15, -0.1) is 0 Å². The van der Waals surface area contributed by atoms with E-state index in [9.17, 15) is 18.8 Å². The number of amides is 3. The summed E-state index contributed by atoms with van der Waals surface area (Å²) in [5.41, 5.74) is 1.34. The molecule has 0 bridgehead atoms. The molecule has 1 fully saturated rings. The normalized spacial score (nSPS) is 15.0. The van der Waals surface area contributed by atoms with Crippen LogP contribution in [0.4, 0.5) is 10.1 Å². The second-order valence-electron chi connectivity index (χ2n) is 8.68. The third-order valence-corrected chi connectivity index (χ3v) is 6.35. The van der Waals surface area contributed by atoms with Crippen LogP contribution in [-0.4, -0.2) is 66.3 Å². The van der Waals surface area contributed by atoms with Gasteiger partial charge in [-0.25, -0.2) is 4.39 Å². The number of anilines is 1. The standard InChI is InChI=1S/C27H29FN4O3/c1-19(27(35)30-23-10-5-9-22(28)17-23)31-12-14-32(15-13-31)26(34)18-29-25(33)16-21-8-4-7-20-6-2-3-11-24(20)21/h2-11,17,19H,12-16,18H2,1H3,(H,29,33)(H,30,35). The lowest BCUT2D eigenvalue weighted by atomic mass is 10.0. The van der Waals surface area contributed by atoms with E-state index in [0.29, 0.717) is 31.9 Å². The molecule has 3 amide bonds. The summed E-state index contributed by atoms with van der Waals surface area (Å²) in [6.45, 7) is 3.74. The third kappa shape index (κ3) is 6.22. The van der Waals surface area contributed by atoms with Gasteiger partial charge in [0.25, 0.3) is 0 Å². The number of rotatable bonds is 7. The number of carbonyl (C=O) groups excluding carboxylic acids is 3. The molecule has 4 rings (SSSR count). The Hall–Kier alpha value is -3.78. The van der Waals surface area contributed by atoms with Gasteiger partial charge in [0.15, 0.2) is 0 Å². The van der Waals surface area contributed by atoms with Crippen molar-refractivity contribution in [2.75, 3.05) is 38.0 Å². The highest BCUT2D eigenvalue weighted by molar-refractivity contribution is 5.94. The van der Waals surface area contributed by atoms with E-state index in [2.05, 4.69) is 10.6 Å². The van der Waals surface area contributed by atoms with Gasteiger partial charge in [0.2, 0.25) is 17.7 Å².